The fourth-order valence-corrected chi connectivity index (χ4v) is 1.61. The van der Waals surface area contributed by atoms with Crippen molar-refractivity contribution in [2.24, 2.45) is 22.6 Å². The third-order valence-electron chi connectivity index (χ3n) is 2.73. The molecule has 0 aromatic heterocycles. The average Bonchev–Trinajstić information content (AvgIpc) is 2.15. The van der Waals surface area contributed by atoms with E-state index in [4.69, 9.17) is 5.73 Å². The highest BCUT2D eigenvalue weighted by Gasteiger charge is 2.16. The molecule has 14 heavy (non-hydrogen) atoms. The van der Waals surface area contributed by atoms with E-state index in [2.05, 4.69) is 30.7 Å². The van der Waals surface area contributed by atoms with Crippen molar-refractivity contribution >= 4 is 5.96 Å². The molecule has 82 valence electrons. The standard InChI is InChI=1S/C11H23N3/c1-9(2)8-13-11(12)14-6-4-10(3)5-7-14/h9-10H,4-8H2,1-3H3,(H2,12,13). The first kappa shape index (κ1) is 11.3. The van der Waals surface area contributed by atoms with Gasteiger partial charge in [-0.1, -0.05) is 20.8 Å². The van der Waals surface area contributed by atoms with Crippen molar-refractivity contribution in [1.29, 1.82) is 0 Å². The minimum atomic E-state index is 0.595. The molecule has 0 atom stereocenters. The van der Waals surface area contributed by atoms with Crippen molar-refractivity contribution < 1.29 is 0 Å². The van der Waals surface area contributed by atoms with Gasteiger partial charge in [-0.05, 0) is 24.7 Å². The number of piperidine rings is 1. The lowest BCUT2D eigenvalue weighted by atomic mass is 10.00. The maximum atomic E-state index is 5.92. The summed E-state index contributed by atoms with van der Waals surface area (Å²) in [4.78, 5) is 6.60. The van der Waals surface area contributed by atoms with Crippen LogP contribution in [-0.2, 0) is 0 Å². The topological polar surface area (TPSA) is 41.6 Å². The molecule has 3 nitrogen and oxygen atoms in total. The van der Waals surface area contributed by atoms with E-state index < -0.39 is 0 Å². The Labute approximate surface area is 87.4 Å². The second-order valence-corrected chi connectivity index (χ2v) is 4.76. The molecule has 0 radical (unpaired) electrons. The van der Waals surface area contributed by atoms with Crippen LogP contribution in [0.3, 0.4) is 0 Å². The highest BCUT2D eigenvalue weighted by Crippen LogP contribution is 2.15. The van der Waals surface area contributed by atoms with Gasteiger partial charge in [-0.3, -0.25) is 4.99 Å². The van der Waals surface area contributed by atoms with Crippen molar-refractivity contribution in [3.63, 3.8) is 0 Å². The normalized spacial score (nSPS) is 20.6. The van der Waals surface area contributed by atoms with E-state index >= 15 is 0 Å². The molecule has 1 aliphatic heterocycles. The zero-order chi connectivity index (χ0) is 10.6. The molecule has 1 aliphatic rings. The molecular formula is C11H23N3. The Morgan fingerprint density at radius 3 is 2.50 bits per heavy atom. The molecular weight excluding hydrogens is 174 g/mol. The first-order chi connectivity index (χ1) is 6.59. The van der Waals surface area contributed by atoms with E-state index in [1.54, 1.807) is 0 Å². The molecule has 0 amide bonds. The van der Waals surface area contributed by atoms with Crippen molar-refractivity contribution in [2.45, 2.75) is 33.6 Å². The van der Waals surface area contributed by atoms with Crippen LogP contribution < -0.4 is 5.73 Å². The summed E-state index contributed by atoms with van der Waals surface area (Å²) in [5.74, 6) is 2.19. The minimum Gasteiger partial charge on any atom is -0.370 e. The summed E-state index contributed by atoms with van der Waals surface area (Å²) in [6.45, 7) is 9.63. The number of hydrogen-bond acceptors (Lipinski definition) is 1. The van der Waals surface area contributed by atoms with Gasteiger partial charge in [0.25, 0.3) is 0 Å². The van der Waals surface area contributed by atoms with Crippen LogP contribution in [0.15, 0.2) is 4.99 Å². The van der Waals surface area contributed by atoms with Crippen LogP contribution in [0.1, 0.15) is 33.6 Å². The van der Waals surface area contributed by atoms with Gasteiger partial charge in [0.05, 0.1) is 0 Å². The van der Waals surface area contributed by atoms with E-state index in [0.717, 1.165) is 31.5 Å². The smallest absolute Gasteiger partial charge is 0.191 e. The van der Waals surface area contributed by atoms with Gasteiger partial charge in [0.15, 0.2) is 5.96 Å². The lowest BCUT2D eigenvalue weighted by molar-refractivity contribution is 0.277. The number of guanidine groups is 1. The van der Waals surface area contributed by atoms with Crippen molar-refractivity contribution in [1.82, 2.24) is 4.90 Å². The van der Waals surface area contributed by atoms with E-state index in [1.165, 1.54) is 12.8 Å². The molecule has 0 aliphatic carbocycles. The number of nitrogens with two attached hydrogens (primary N) is 1. The molecule has 1 rings (SSSR count). The monoisotopic (exact) mass is 197 g/mol. The highest BCUT2D eigenvalue weighted by molar-refractivity contribution is 5.78. The highest BCUT2D eigenvalue weighted by atomic mass is 15.3. The number of likely N-dealkylation sites (tertiary alicyclic amines) is 1. The summed E-state index contributed by atoms with van der Waals surface area (Å²) in [6, 6.07) is 0. The molecule has 1 saturated heterocycles. The Balaban J connectivity index is 2.37. The van der Waals surface area contributed by atoms with Crippen LogP contribution in [0.4, 0.5) is 0 Å². The summed E-state index contributed by atoms with van der Waals surface area (Å²) in [5.41, 5.74) is 5.92. The lowest BCUT2D eigenvalue weighted by Gasteiger charge is -2.31. The molecule has 0 spiro atoms. The number of aliphatic imine (C=N–C) groups is 1. The maximum Gasteiger partial charge on any atom is 0.191 e. The quantitative estimate of drug-likeness (QED) is 0.540. The molecule has 3 heteroatoms. The fourth-order valence-electron chi connectivity index (χ4n) is 1.61. The van der Waals surface area contributed by atoms with Gasteiger partial charge in [0.1, 0.15) is 0 Å². The molecule has 0 aromatic carbocycles. The predicted molar refractivity (Wildman–Crippen MR) is 61.3 cm³/mol. The molecule has 0 aromatic rings. The zero-order valence-electron chi connectivity index (χ0n) is 9.66. The third kappa shape index (κ3) is 3.56. The SMILES string of the molecule is CC(C)CN=C(N)N1CCC(C)CC1. The Bertz CT molecular complexity index is 191. The Morgan fingerprint density at radius 1 is 1.43 bits per heavy atom. The third-order valence-corrected chi connectivity index (χ3v) is 2.73. The summed E-state index contributed by atoms with van der Waals surface area (Å²) >= 11 is 0. The van der Waals surface area contributed by atoms with Crippen LogP contribution in [-0.4, -0.2) is 30.5 Å². The fraction of sp³-hybridized carbons (Fsp3) is 0.909. The predicted octanol–water partition coefficient (Wildman–Crippen LogP) is 1.69. The van der Waals surface area contributed by atoms with Crippen molar-refractivity contribution in [3.05, 3.63) is 0 Å². The van der Waals surface area contributed by atoms with Crippen LogP contribution in [0.2, 0.25) is 0 Å². The van der Waals surface area contributed by atoms with Gasteiger partial charge < -0.3 is 10.6 Å². The zero-order valence-corrected chi connectivity index (χ0v) is 9.66. The Hall–Kier alpha value is -0.730. The van der Waals surface area contributed by atoms with E-state index in [0.29, 0.717) is 5.92 Å². The van der Waals surface area contributed by atoms with E-state index in [1.807, 2.05) is 0 Å². The number of rotatable bonds is 2. The van der Waals surface area contributed by atoms with Crippen molar-refractivity contribution in [2.75, 3.05) is 19.6 Å². The maximum absolute atomic E-state index is 5.92. The Morgan fingerprint density at radius 2 is 2.00 bits per heavy atom. The molecule has 0 bridgehead atoms. The van der Waals surface area contributed by atoms with Crippen LogP contribution in [0.5, 0.6) is 0 Å². The molecule has 2 N–H and O–H groups in total. The van der Waals surface area contributed by atoms with E-state index in [9.17, 15) is 0 Å². The van der Waals surface area contributed by atoms with Gasteiger partial charge in [-0.15, -0.1) is 0 Å². The van der Waals surface area contributed by atoms with Gasteiger partial charge in [0, 0.05) is 19.6 Å². The Kier molecular flexibility index (Phi) is 4.23. The lowest BCUT2D eigenvalue weighted by Crippen LogP contribution is -2.42. The molecule has 0 unspecified atom stereocenters. The summed E-state index contributed by atoms with van der Waals surface area (Å²) in [7, 11) is 0. The largest absolute Gasteiger partial charge is 0.370 e. The summed E-state index contributed by atoms with van der Waals surface area (Å²) < 4.78 is 0. The van der Waals surface area contributed by atoms with Crippen LogP contribution >= 0.6 is 0 Å². The van der Waals surface area contributed by atoms with Gasteiger partial charge in [-0.2, -0.15) is 0 Å². The first-order valence-electron chi connectivity index (χ1n) is 5.64. The van der Waals surface area contributed by atoms with Gasteiger partial charge in [-0.25, -0.2) is 0 Å². The number of hydrogen-bond donors (Lipinski definition) is 1. The second kappa shape index (κ2) is 5.23. The van der Waals surface area contributed by atoms with Crippen molar-refractivity contribution in [3.8, 4) is 0 Å². The minimum absolute atomic E-state index is 0.595. The average molecular weight is 197 g/mol. The molecule has 0 saturated carbocycles. The van der Waals surface area contributed by atoms with Gasteiger partial charge >= 0.3 is 0 Å². The van der Waals surface area contributed by atoms with E-state index in [-0.39, 0.29) is 0 Å². The second-order valence-electron chi connectivity index (χ2n) is 4.76. The van der Waals surface area contributed by atoms with Gasteiger partial charge in [0.2, 0.25) is 0 Å². The molecule has 1 fully saturated rings. The molecule has 1 heterocycles. The summed E-state index contributed by atoms with van der Waals surface area (Å²) in [5, 5.41) is 0. The summed E-state index contributed by atoms with van der Waals surface area (Å²) in [6.07, 6.45) is 2.50. The van der Waals surface area contributed by atoms with Crippen LogP contribution in [0, 0.1) is 11.8 Å². The first-order valence-corrected chi connectivity index (χ1v) is 5.64. The number of nitrogens with zero attached hydrogens (tertiary/aromatic N) is 2. The van der Waals surface area contributed by atoms with Crippen LogP contribution in [0.25, 0.3) is 0 Å².